The summed E-state index contributed by atoms with van der Waals surface area (Å²) in [6, 6.07) is 3.95. The van der Waals surface area contributed by atoms with Gasteiger partial charge in [0, 0.05) is 17.5 Å². The second-order valence-electron chi connectivity index (χ2n) is 4.48. The topological polar surface area (TPSA) is 67.1 Å². The molecule has 0 aromatic carbocycles. The number of rotatable bonds is 6. The van der Waals surface area contributed by atoms with Crippen LogP contribution in [0, 0.1) is 0 Å². The van der Waals surface area contributed by atoms with E-state index < -0.39 is 0 Å². The number of hydrogen-bond donors (Lipinski definition) is 2. The van der Waals surface area contributed by atoms with Crippen molar-refractivity contribution >= 4 is 34.6 Å². The normalized spacial score (nSPS) is 10.6. The van der Waals surface area contributed by atoms with Crippen molar-refractivity contribution in [1.29, 1.82) is 0 Å². The number of nitrogen functional groups attached to an aromatic ring is 1. The number of nitrogens with one attached hydrogen (secondary N) is 1. The predicted molar refractivity (Wildman–Crippen MR) is 85.3 cm³/mol. The van der Waals surface area contributed by atoms with Crippen LogP contribution in [-0.4, -0.2) is 17.0 Å². The smallest absolute Gasteiger partial charge is 0.148 e. The molecule has 3 N–H and O–H groups in total. The van der Waals surface area contributed by atoms with Gasteiger partial charge in [0.25, 0.3) is 0 Å². The van der Waals surface area contributed by atoms with Gasteiger partial charge in [-0.1, -0.05) is 24.9 Å². The Morgan fingerprint density at radius 1 is 1.40 bits per heavy atom. The van der Waals surface area contributed by atoms with E-state index in [9.17, 15) is 0 Å². The monoisotopic (exact) mass is 311 g/mol. The van der Waals surface area contributed by atoms with Crippen molar-refractivity contribution in [1.82, 2.24) is 9.97 Å². The number of nitrogens with zero attached hydrogens (tertiary/aromatic N) is 3. The summed E-state index contributed by atoms with van der Waals surface area (Å²) in [5.41, 5.74) is 3.69. The molecular formula is C13H18ClN5S. The Kier molecular flexibility index (Phi) is 5.17. The Labute approximate surface area is 127 Å². The Bertz CT molecular complexity index is 572. The minimum absolute atomic E-state index is 0.688. The number of thiophene rings is 1. The van der Waals surface area contributed by atoms with Crippen LogP contribution in [0.25, 0.3) is 0 Å². The molecule has 0 radical (unpaired) electrons. The molecule has 0 saturated heterocycles. The SMILES string of the molecule is CCCc1c(NN)ncnc1N(C)Cc1ccc(Cl)s1. The number of hydrazine groups is 1. The van der Waals surface area contributed by atoms with Gasteiger partial charge in [0.1, 0.15) is 18.0 Å². The summed E-state index contributed by atoms with van der Waals surface area (Å²) in [5.74, 6) is 7.12. The highest BCUT2D eigenvalue weighted by atomic mass is 35.5. The van der Waals surface area contributed by atoms with Gasteiger partial charge in [0.15, 0.2) is 0 Å². The van der Waals surface area contributed by atoms with E-state index >= 15 is 0 Å². The molecule has 5 nitrogen and oxygen atoms in total. The molecule has 2 rings (SSSR count). The summed E-state index contributed by atoms with van der Waals surface area (Å²) in [5, 5.41) is 0. The van der Waals surface area contributed by atoms with E-state index in [-0.39, 0.29) is 0 Å². The number of anilines is 2. The largest absolute Gasteiger partial charge is 0.354 e. The van der Waals surface area contributed by atoms with Gasteiger partial charge in [-0.15, -0.1) is 11.3 Å². The molecule has 108 valence electrons. The number of hydrogen-bond acceptors (Lipinski definition) is 6. The van der Waals surface area contributed by atoms with Crippen molar-refractivity contribution in [2.75, 3.05) is 17.4 Å². The number of halogens is 1. The predicted octanol–water partition coefficient (Wildman–Crippen LogP) is 3.07. The fourth-order valence-electron chi connectivity index (χ4n) is 2.08. The average molecular weight is 312 g/mol. The summed E-state index contributed by atoms with van der Waals surface area (Å²) in [4.78, 5) is 11.9. The molecule has 7 heteroatoms. The van der Waals surface area contributed by atoms with Gasteiger partial charge >= 0.3 is 0 Å². The van der Waals surface area contributed by atoms with Gasteiger partial charge < -0.3 is 10.3 Å². The molecule has 0 saturated carbocycles. The third kappa shape index (κ3) is 3.39. The average Bonchev–Trinajstić information content (AvgIpc) is 2.84. The minimum atomic E-state index is 0.688. The maximum Gasteiger partial charge on any atom is 0.148 e. The molecule has 0 bridgehead atoms. The summed E-state index contributed by atoms with van der Waals surface area (Å²) < 4.78 is 0.800. The highest BCUT2D eigenvalue weighted by molar-refractivity contribution is 7.16. The molecule has 0 aliphatic heterocycles. The van der Waals surface area contributed by atoms with Crippen molar-refractivity contribution in [2.24, 2.45) is 5.84 Å². The van der Waals surface area contributed by atoms with Crippen molar-refractivity contribution in [2.45, 2.75) is 26.3 Å². The lowest BCUT2D eigenvalue weighted by atomic mass is 10.1. The van der Waals surface area contributed by atoms with Gasteiger partial charge in [-0.05, 0) is 18.6 Å². The summed E-state index contributed by atoms with van der Waals surface area (Å²) in [6.07, 6.45) is 3.42. The third-order valence-electron chi connectivity index (χ3n) is 2.94. The zero-order chi connectivity index (χ0) is 14.5. The first kappa shape index (κ1) is 15.0. The van der Waals surface area contributed by atoms with Crippen LogP contribution in [0.5, 0.6) is 0 Å². The zero-order valence-corrected chi connectivity index (χ0v) is 13.1. The van der Waals surface area contributed by atoms with Crippen molar-refractivity contribution in [3.8, 4) is 0 Å². The third-order valence-corrected chi connectivity index (χ3v) is 4.16. The summed E-state index contributed by atoms with van der Waals surface area (Å²) >= 11 is 7.55. The molecule has 2 aromatic rings. The molecule has 2 heterocycles. The van der Waals surface area contributed by atoms with E-state index in [1.165, 1.54) is 11.2 Å². The van der Waals surface area contributed by atoms with Gasteiger partial charge in [-0.3, -0.25) is 0 Å². The second kappa shape index (κ2) is 6.88. The maximum atomic E-state index is 5.97. The second-order valence-corrected chi connectivity index (χ2v) is 6.28. The van der Waals surface area contributed by atoms with Crippen molar-refractivity contribution < 1.29 is 0 Å². The molecule has 0 atom stereocenters. The first-order valence-corrected chi connectivity index (χ1v) is 7.61. The molecule has 0 aliphatic carbocycles. The van der Waals surface area contributed by atoms with Crippen LogP contribution in [-0.2, 0) is 13.0 Å². The molecule has 20 heavy (non-hydrogen) atoms. The molecule has 0 spiro atoms. The van der Waals surface area contributed by atoms with Crippen LogP contribution >= 0.6 is 22.9 Å². The van der Waals surface area contributed by atoms with Crippen LogP contribution in [0.2, 0.25) is 4.34 Å². The van der Waals surface area contributed by atoms with Gasteiger partial charge in [-0.2, -0.15) is 0 Å². The van der Waals surface area contributed by atoms with Crippen LogP contribution in [0.1, 0.15) is 23.8 Å². The number of nitrogens with two attached hydrogens (primary N) is 1. The molecular weight excluding hydrogens is 294 g/mol. The Hall–Kier alpha value is -1.37. The van der Waals surface area contributed by atoms with Gasteiger partial charge in [0.2, 0.25) is 0 Å². The highest BCUT2D eigenvalue weighted by Gasteiger charge is 2.14. The fourth-order valence-corrected chi connectivity index (χ4v) is 3.22. The standard InChI is InChI=1S/C13H18ClN5S/c1-3-4-10-12(18-15)16-8-17-13(10)19(2)7-9-5-6-11(14)20-9/h5-6,8H,3-4,7,15H2,1-2H3,(H,16,17,18). The first-order valence-electron chi connectivity index (χ1n) is 6.41. The molecule has 0 unspecified atom stereocenters. The Balaban J connectivity index is 2.26. The lowest BCUT2D eigenvalue weighted by Gasteiger charge is -2.21. The van der Waals surface area contributed by atoms with E-state index in [1.807, 2.05) is 19.2 Å². The van der Waals surface area contributed by atoms with E-state index in [1.54, 1.807) is 11.3 Å². The fraction of sp³-hybridized carbons (Fsp3) is 0.385. The lowest BCUT2D eigenvalue weighted by molar-refractivity contribution is 0.848. The van der Waals surface area contributed by atoms with E-state index in [0.717, 1.165) is 35.1 Å². The van der Waals surface area contributed by atoms with E-state index in [4.69, 9.17) is 17.4 Å². The molecule has 0 fully saturated rings. The lowest BCUT2D eigenvalue weighted by Crippen LogP contribution is -2.21. The van der Waals surface area contributed by atoms with Crippen LogP contribution in [0.4, 0.5) is 11.6 Å². The summed E-state index contributed by atoms with van der Waals surface area (Å²) in [6.45, 7) is 2.88. The zero-order valence-electron chi connectivity index (χ0n) is 11.6. The maximum absolute atomic E-state index is 5.97. The Morgan fingerprint density at radius 3 is 2.80 bits per heavy atom. The van der Waals surface area contributed by atoms with Crippen LogP contribution in [0.3, 0.4) is 0 Å². The van der Waals surface area contributed by atoms with Crippen LogP contribution < -0.4 is 16.2 Å². The first-order chi connectivity index (χ1) is 9.65. The summed E-state index contributed by atoms with van der Waals surface area (Å²) in [7, 11) is 2.01. The minimum Gasteiger partial charge on any atom is -0.354 e. The van der Waals surface area contributed by atoms with Gasteiger partial charge in [0.05, 0.1) is 10.9 Å². The van der Waals surface area contributed by atoms with E-state index in [0.29, 0.717) is 5.82 Å². The quantitative estimate of drug-likeness (QED) is 0.634. The van der Waals surface area contributed by atoms with Crippen molar-refractivity contribution in [3.63, 3.8) is 0 Å². The molecule has 0 aliphatic rings. The Morgan fingerprint density at radius 2 is 2.20 bits per heavy atom. The van der Waals surface area contributed by atoms with Gasteiger partial charge in [-0.25, -0.2) is 15.8 Å². The van der Waals surface area contributed by atoms with Crippen LogP contribution in [0.15, 0.2) is 18.5 Å². The van der Waals surface area contributed by atoms with Crippen molar-refractivity contribution in [3.05, 3.63) is 33.2 Å². The van der Waals surface area contributed by atoms with E-state index in [2.05, 4.69) is 27.2 Å². The molecule has 2 aromatic heterocycles. The highest BCUT2D eigenvalue weighted by Crippen LogP contribution is 2.27. The molecule has 0 amide bonds. The number of aromatic nitrogens is 2.